The Morgan fingerprint density at radius 2 is 1.62 bits per heavy atom. The van der Waals surface area contributed by atoms with E-state index in [0.717, 1.165) is 11.3 Å². The summed E-state index contributed by atoms with van der Waals surface area (Å²) < 4.78 is 5.99. The van der Waals surface area contributed by atoms with E-state index >= 15 is 0 Å². The average molecular weight is 425 g/mol. The Morgan fingerprint density at radius 1 is 0.906 bits per heavy atom. The number of anilines is 1. The number of carbonyl (C=O) groups is 1. The topological polar surface area (TPSA) is 63.4 Å². The third kappa shape index (κ3) is 3.12. The van der Waals surface area contributed by atoms with Crippen molar-refractivity contribution in [2.45, 2.75) is 39.2 Å². The van der Waals surface area contributed by atoms with Crippen LogP contribution in [0.3, 0.4) is 0 Å². The van der Waals surface area contributed by atoms with E-state index in [9.17, 15) is 9.59 Å². The number of fused-ring (bicyclic) bond motifs is 2. The molecule has 0 aliphatic carbocycles. The molecule has 5 nitrogen and oxygen atoms in total. The van der Waals surface area contributed by atoms with Crippen LogP contribution in [0.25, 0.3) is 11.0 Å². The van der Waals surface area contributed by atoms with Crippen molar-refractivity contribution in [1.29, 1.82) is 0 Å². The third-order valence-electron chi connectivity index (χ3n) is 5.99. The van der Waals surface area contributed by atoms with Gasteiger partial charge in [-0.15, -0.1) is 0 Å². The van der Waals surface area contributed by atoms with E-state index in [-0.39, 0.29) is 22.5 Å². The summed E-state index contributed by atoms with van der Waals surface area (Å²) in [5, 5.41) is 0.467. The van der Waals surface area contributed by atoms with Gasteiger partial charge in [-0.05, 0) is 47.7 Å². The van der Waals surface area contributed by atoms with Crippen molar-refractivity contribution in [3.05, 3.63) is 105 Å². The Bertz CT molecular complexity index is 1410. The minimum absolute atomic E-state index is 0.00501. The number of para-hydroxylation sites is 1. The van der Waals surface area contributed by atoms with Crippen LogP contribution in [0.15, 0.2) is 75.9 Å². The molecule has 0 fully saturated rings. The first-order valence-corrected chi connectivity index (χ1v) is 10.7. The fourth-order valence-electron chi connectivity index (χ4n) is 4.30. The molecule has 5 rings (SSSR count). The van der Waals surface area contributed by atoms with Crippen LogP contribution in [0.1, 0.15) is 59.8 Å². The number of benzene rings is 2. The SMILES string of the molecule is Cc1cccc(N2C(=O)c3oc4ccccc4c(=O)c3C2c2ccc(C(C)(C)C)cc2)n1. The lowest BCUT2D eigenvalue weighted by Gasteiger charge is -2.25. The highest BCUT2D eigenvalue weighted by atomic mass is 16.3. The minimum Gasteiger partial charge on any atom is -0.450 e. The summed E-state index contributed by atoms with van der Waals surface area (Å²) in [6.45, 7) is 8.34. The van der Waals surface area contributed by atoms with Crippen LogP contribution in [0.4, 0.5) is 5.82 Å². The Labute approximate surface area is 186 Å². The van der Waals surface area contributed by atoms with Crippen molar-refractivity contribution < 1.29 is 9.21 Å². The Kier molecular flexibility index (Phi) is 4.52. The predicted octanol–water partition coefficient (Wildman–Crippen LogP) is 5.54. The van der Waals surface area contributed by atoms with Crippen LogP contribution < -0.4 is 10.3 Å². The van der Waals surface area contributed by atoms with E-state index in [1.54, 1.807) is 35.2 Å². The normalized spacial score (nSPS) is 15.9. The number of aryl methyl sites for hydroxylation is 1. The number of nitrogens with zero attached hydrogens (tertiary/aromatic N) is 2. The number of aromatic nitrogens is 1. The maximum atomic E-state index is 13.6. The Balaban J connectivity index is 1.77. The second-order valence-electron chi connectivity index (χ2n) is 9.26. The zero-order valence-corrected chi connectivity index (χ0v) is 18.5. The molecular weight excluding hydrogens is 400 g/mol. The van der Waals surface area contributed by atoms with Crippen LogP contribution in [-0.2, 0) is 5.41 Å². The summed E-state index contributed by atoms with van der Waals surface area (Å²) in [6, 6.07) is 20.1. The predicted molar refractivity (Wildman–Crippen MR) is 125 cm³/mol. The molecule has 2 aromatic carbocycles. The summed E-state index contributed by atoms with van der Waals surface area (Å²) in [6.07, 6.45) is 0. The molecule has 1 aliphatic heterocycles. The van der Waals surface area contributed by atoms with Gasteiger partial charge in [0, 0.05) is 5.69 Å². The number of hydrogen-bond donors (Lipinski definition) is 0. The summed E-state index contributed by atoms with van der Waals surface area (Å²) in [5.41, 5.74) is 3.39. The van der Waals surface area contributed by atoms with Gasteiger partial charge < -0.3 is 4.42 Å². The van der Waals surface area contributed by atoms with Gasteiger partial charge in [-0.2, -0.15) is 0 Å². The Hall–Kier alpha value is -3.73. The number of hydrogen-bond acceptors (Lipinski definition) is 4. The third-order valence-corrected chi connectivity index (χ3v) is 5.99. The number of amides is 1. The molecule has 0 bridgehead atoms. The van der Waals surface area contributed by atoms with Crippen molar-refractivity contribution in [1.82, 2.24) is 4.98 Å². The average Bonchev–Trinajstić information content (AvgIpc) is 3.06. The molecule has 2 aromatic heterocycles. The molecule has 32 heavy (non-hydrogen) atoms. The zero-order chi connectivity index (χ0) is 22.6. The van der Waals surface area contributed by atoms with Gasteiger partial charge in [0.1, 0.15) is 11.4 Å². The van der Waals surface area contributed by atoms with E-state index < -0.39 is 6.04 Å². The van der Waals surface area contributed by atoms with E-state index in [2.05, 4.69) is 37.9 Å². The molecule has 4 aromatic rings. The molecule has 0 saturated carbocycles. The number of carbonyl (C=O) groups excluding carboxylic acids is 1. The monoisotopic (exact) mass is 424 g/mol. The quantitative estimate of drug-likeness (QED) is 0.424. The first kappa shape index (κ1) is 20.2. The van der Waals surface area contributed by atoms with Gasteiger partial charge in [-0.1, -0.05) is 63.2 Å². The van der Waals surface area contributed by atoms with Crippen LogP contribution in [0.5, 0.6) is 0 Å². The van der Waals surface area contributed by atoms with Gasteiger partial charge in [0.15, 0.2) is 5.43 Å². The van der Waals surface area contributed by atoms with Crippen LogP contribution in [-0.4, -0.2) is 10.9 Å². The molecule has 160 valence electrons. The molecule has 1 aliphatic rings. The molecular formula is C27H24N2O3. The van der Waals surface area contributed by atoms with Crippen molar-refractivity contribution in [2.75, 3.05) is 4.90 Å². The van der Waals surface area contributed by atoms with Crippen molar-refractivity contribution in [3.63, 3.8) is 0 Å². The lowest BCUT2D eigenvalue weighted by atomic mass is 9.86. The van der Waals surface area contributed by atoms with Gasteiger partial charge in [0.2, 0.25) is 5.76 Å². The molecule has 0 saturated heterocycles. The van der Waals surface area contributed by atoms with Crippen molar-refractivity contribution in [2.24, 2.45) is 0 Å². The van der Waals surface area contributed by atoms with Gasteiger partial charge in [-0.25, -0.2) is 4.98 Å². The second-order valence-corrected chi connectivity index (χ2v) is 9.26. The summed E-state index contributed by atoms with van der Waals surface area (Å²) >= 11 is 0. The molecule has 0 N–H and O–H groups in total. The molecule has 0 spiro atoms. The van der Waals surface area contributed by atoms with E-state index in [4.69, 9.17) is 4.42 Å². The first-order valence-electron chi connectivity index (χ1n) is 10.7. The highest BCUT2D eigenvalue weighted by molar-refractivity contribution is 6.10. The highest BCUT2D eigenvalue weighted by Gasteiger charge is 2.44. The molecule has 0 radical (unpaired) electrons. The van der Waals surface area contributed by atoms with E-state index in [1.165, 1.54) is 5.56 Å². The van der Waals surface area contributed by atoms with Gasteiger partial charge in [-0.3, -0.25) is 14.5 Å². The second kappa shape index (κ2) is 7.16. The lowest BCUT2D eigenvalue weighted by molar-refractivity contribution is 0.0970. The fraction of sp³-hybridized carbons (Fsp3) is 0.222. The van der Waals surface area contributed by atoms with Crippen LogP contribution >= 0.6 is 0 Å². The summed E-state index contributed by atoms with van der Waals surface area (Å²) in [7, 11) is 0. The van der Waals surface area contributed by atoms with Gasteiger partial charge in [0.05, 0.1) is 17.0 Å². The fourth-order valence-corrected chi connectivity index (χ4v) is 4.30. The standard InChI is InChI=1S/C27H24N2O3/c1-16-8-7-11-21(28-16)29-23(17-12-14-18(15-13-17)27(2,3)4)22-24(30)19-9-5-6-10-20(19)32-25(22)26(29)31/h5-15,23H,1-4H3. The number of pyridine rings is 1. The smallest absolute Gasteiger partial charge is 0.296 e. The minimum atomic E-state index is -0.610. The lowest BCUT2D eigenvalue weighted by Crippen LogP contribution is -2.30. The molecule has 1 unspecified atom stereocenters. The molecule has 3 heterocycles. The maximum Gasteiger partial charge on any atom is 0.296 e. The van der Waals surface area contributed by atoms with Gasteiger partial charge in [0.25, 0.3) is 5.91 Å². The highest BCUT2D eigenvalue weighted by Crippen LogP contribution is 2.41. The largest absolute Gasteiger partial charge is 0.450 e. The van der Waals surface area contributed by atoms with E-state index in [1.807, 2.05) is 31.2 Å². The van der Waals surface area contributed by atoms with Crippen molar-refractivity contribution in [3.8, 4) is 0 Å². The van der Waals surface area contributed by atoms with Crippen LogP contribution in [0.2, 0.25) is 0 Å². The van der Waals surface area contributed by atoms with Crippen molar-refractivity contribution >= 4 is 22.7 Å². The molecule has 1 amide bonds. The van der Waals surface area contributed by atoms with E-state index in [0.29, 0.717) is 22.4 Å². The Morgan fingerprint density at radius 3 is 2.31 bits per heavy atom. The van der Waals surface area contributed by atoms with Gasteiger partial charge >= 0.3 is 0 Å². The first-order chi connectivity index (χ1) is 15.3. The summed E-state index contributed by atoms with van der Waals surface area (Å²) in [5.74, 6) is 0.225. The molecule has 5 heteroatoms. The number of rotatable bonds is 2. The van der Waals surface area contributed by atoms with Crippen LogP contribution in [0, 0.1) is 6.92 Å². The maximum absolute atomic E-state index is 13.6. The zero-order valence-electron chi connectivity index (χ0n) is 18.5. The summed E-state index contributed by atoms with van der Waals surface area (Å²) in [4.78, 5) is 33.3. The molecule has 1 atom stereocenters.